The monoisotopic (exact) mass is 298 g/mol. The number of hydrogen-bond donors (Lipinski definition) is 1. The number of aliphatic carboxylic acids is 1. The molecular weight excluding hydrogens is 272 g/mol. The SMILES string of the molecule is CCOC(=O)N1CCC[C@H](N2CCC(C(=O)O)CC2)CC1. The molecule has 0 aromatic heterocycles. The van der Waals surface area contributed by atoms with E-state index in [0.717, 1.165) is 58.3 Å². The number of rotatable bonds is 3. The second-order valence-corrected chi connectivity index (χ2v) is 5.92. The number of carboxylic acid groups (broad SMARTS) is 1. The number of carbonyl (C=O) groups is 2. The summed E-state index contributed by atoms with van der Waals surface area (Å²) in [5, 5.41) is 9.05. The standard InChI is InChI=1S/C15H26N2O4/c1-2-21-15(20)17-8-3-4-13(7-11-17)16-9-5-12(6-10-16)14(18)19/h12-13H,2-11H2,1H3,(H,18,19)/t13-/m0/s1. The molecule has 1 N–H and O–H groups in total. The van der Waals surface area contributed by atoms with E-state index in [9.17, 15) is 9.59 Å². The Morgan fingerprint density at radius 1 is 1.10 bits per heavy atom. The zero-order chi connectivity index (χ0) is 15.2. The molecule has 0 bridgehead atoms. The van der Waals surface area contributed by atoms with Crippen molar-refractivity contribution >= 4 is 12.1 Å². The van der Waals surface area contributed by atoms with Gasteiger partial charge < -0.3 is 19.6 Å². The zero-order valence-electron chi connectivity index (χ0n) is 12.8. The minimum absolute atomic E-state index is 0.178. The van der Waals surface area contributed by atoms with Crippen LogP contribution in [-0.4, -0.2) is 65.8 Å². The summed E-state index contributed by atoms with van der Waals surface area (Å²) in [5.74, 6) is -0.841. The van der Waals surface area contributed by atoms with Crippen molar-refractivity contribution in [2.24, 2.45) is 5.92 Å². The van der Waals surface area contributed by atoms with Gasteiger partial charge in [0.25, 0.3) is 0 Å². The Morgan fingerprint density at radius 2 is 1.81 bits per heavy atom. The molecule has 2 saturated heterocycles. The lowest BCUT2D eigenvalue weighted by atomic mass is 9.94. The van der Waals surface area contributed by atoms with Crippen LogP contribution in [0.25, 0.3) is 0 Å². The van der Waals surface area contributed by atoms with E-state index < -0.39 is 5.97 Å². The fourth-order valence-corrected chi connectivity index (χ4v) is 3.35. The Kier molecular flexibility index (Phi) is 5.85. The molecule has 0 unspecified atom stereocenters. The summed E-state index contributed by atoms with van der Waals surface area (Å²) in [6, 6.07) is 0.471. The molecule has 2 rings (SSSR count). The fraction of sp³-hybridized carbons (Fsp3) is 0.867. The first-order chi connectivity index (χ1) is 10.1. The van der Waals surface area contributed by atoms with E-state index in [2.05, 4.69) is 4.90 Å². The maximum absolute atomic E-state index is 11.8. The van der Waals surface area contributed by atoms with Crippen LogP contribution in [0.5, 0.6) is 0 Å². The predicted molar refractivity (Wildman–Crippen MR) is 78.2 cm³/mol. The van der Waals surface area contributed by atoms with Crippen LogP contribution in [0.4, 0.5) is 4.79 Å². The Labute approximate surface area is 126 Å². The summed E-state index contributed by atoms with van der Waals surface area (Å²) >= 11 is 0. The topological polar surface area (TPSA) is 70.1 Å². The third kappa shape index (κ3) is 4.33. The predicted octanol–water partition coefficient (Wildman–Crippen LogP) is 1.79. The van der Waals surface area contributed by atoms with Crippen LogP contribution in [0.1, 0.15) is 39.0 Å². The normalized spacial score (nSPS) is 25.4. The van der Waals surface area contributed by atoms with Crippen LogP contribution < -0.4 is 0 Å². The van der Waals surface area contributed by atoms with Gasteiger partial charge in [-0.1, -0.05) is 0 Å². The quantitative estimate of drug-likeness (QED) is 0.860. The van der Waals surface area contributed by atoms with Gasteiger partial charge in [0.1, 0.15) is 0 Å². The highest BCUT2D eigenvalue weighted by atomic mass is 16.6. The van der Waals surface area contributed by atoms with Gasteiger partial charge in [-0.15, -0.1) is 0 Å². The number of likely N-dealkylation sites (tertiary alicyclic amines) is 2. The smallest absolute Gasteiger partial charge is 0.409 e. The highest BCUT2D eigenvalue weighted by molar-refractivity contribution is 5.70. The molecular formula is C15H26N2O4. The van der Waals surface area contributed by atoms with E-state index in [1.165, 1.54) is 0 Å². The van der Waals surface area contributed by atoms with Crippen molar-refractivity contribution < 1.29 is 19.4 Å². The van der Waals surface area contributed by atoms with Gasteiger partial charge in [-0.3, -0.25) is 4.79 Å². The molecule has 0 radical (unpaired) electrons. The molecule has 2 aliphatic rings. The zero-order valence-corrected chi connectivity index (χ0v) is 12.8. The lowest BCUT2D eigenvalue weighted by molar-refractivity contribution is -0.143. The van der Waals surface area contributed by atoms with Crippen molar-refractivity contribution in [2.75, 3.05) is 32.8 Å². The Bertz CT molecular complexity index is 367. The average molecular weight is 298 g/mol. The molecule has 1 amide bonds. The second-order valence-electron chi connectivity index (χ2n) is 5.92. The van der Waals surface area contributed by atoms with E-state index in [0.29, 0.717) is 12.6 Å². The summed E-state index contributed by atoms with van der Waals surface area (Å²) in [7, 11) is 0. The number of piperidine rings is 1. The van der Waals surface area contributed by atoms with E-state index >= 15 is 0 Å². The highest BCUT2D eigenvalue weighted by Gasteiger charge is 2.30. The molecule has 1 atom stereocenters. The van der Waals surface area contributed by atoms with Gasteiger partial charge in [0.2, 0.25) is 0 Å². The summed E-state index contributed by atoms with van der Waals surface area (Å²) in [4.78, 5) is 27.0. The lowest BCUT2D eigenvalue weighted by Crippen LogP contribution is -2.43. The maximum atomic E-state index is 11.8. The molecule has 0 aromatic rings. The third-order valence-electron chi connectivity index (χ3n) is 4.62. The fourth-order valence-electron chi connectivity index (χ4n) is 3.35. The molecule has 21 heavy (non-hydrogen) atoms. The van der Waals surface area contributed by atoms with Gasteiger partial charge in [-0.05, 0) is 52.1 Å². The van der Waals surface area contributed by atoms with E-state index in [1.807, 2.05) is 6.92 Å². The first kappa shape index (κ1) is 16.1. The lowest BCUT2D eigenvalue weighted by Gasteiger charge is -2.36. The molecule has 0 saturated carbocycles. The molecule has 6 heteroatoms. The van der Waals surface area contributed by atoms with Crippen LogP contribution >= 0.6 is 0 Å². The van der Waals surface area contributed by atoms with Crippen molar-refractivity contribution in [3.8, 4) is 0 Å². The summed E-state index contributed by atoms with van der Waals surface area (Å²) < 4.78 is 5.07. The number of nitrogens with zero attached hydrogens (tertiary/aromatic N) is 2. The van der Waals surface area contributed by atoms with E-state index in [-0.39, 0.29) is 12.0 Å². The molecule has 6 nitrogen and oxygen atoms in total. The summed E-state index contributed by atoms with van der Waals surface area (Å²) in [6.07, 6.45) is 4.30. The van der Waals surface area contributed by atoms with Gasteiger partial charge in [0, 0.05) is 19.1 Å². The maximum Gasteiger partial charge on any atom is 0.409 e. The van der Waals surface area contributed by atoms with Crippen molar-refractivity contribution in [1.82, 2.24) is 9.80 Å². The molecule has 2 heterocycles. The number of carbonyl (C=O) groups excluding carboxylic acids is 1. The van der Waals surface area contributed by atoms with Gasteiger partial charge in [0.05, 0.1) is 12.5 Å². The Morgan fingerprint density at radius 3 is 2.43 bits per heavy atom. The average Bonchev–Trinajstić information content (AvgIpc) is 2.73. The Balaban J connectivity index is 1.81. The highest BCUT2D eigenvalue weighted by Crippen LogP contribution is 2.24. The van der Waals surface area contributed by atoms with Gasteiger partial charge >= 0.3 is 12.1 Å². The molecule has 0 spiro atoms. The van der Waals surface area contributed by atoms with Crippen molar-refractivity contribution in [2.45, 2.75) is 45.1 Å². The first-order valence-corrected chi connectivity index (χ1v) is 8.00. The van der Waals surface area contributed by atoms with E-state index in [4.69, 9.17) is 9.84 Å². The van der Waals surface area contributed by atoms with Gasteiger partial charge in [0.15, 0.2) is 0 Å². The summed E-state index contributed by atoms with van der Waals surface area (Å²) in [6.45, 7) is 5.47. The Hall–Kier alpha value is -1.30. The minimum Gasteiger partial charge on any atom is -0.481 e. The molecule has 2 aliphatic heterocycles. The van der Waals surface area contributed by atoms with Gasteiger partial charge in [-0.2, -0.15) is 0 Å². The number of carboxylic acids is 1. The third-order valence-corrected chi connectivity index (χ3v) is 4.62. The van der Waals surface area contributed by atoms with Crippen LogP contribution in [-0.2, 0) is 9.53 Å². The second kappa shape index (κ2) is 7.64. The van der Waals surface area contributed by atoms with Crippen LogP contribution in [0.3, 0.4) is 0 Å². The largest absolute Gasteiger partial charge is 0.481 e. The number of amides is 1. The van der Waals surface area contributed by atoms with Crippen LogP contribution in [0.2, 0.25) is 0 Å². The van der Waals surface area contributed by atoms with E-state index in [1.54, 1.807) is 4.90 Å². The minimum atomic E-state index is -0.663. The number of ether oxygens (including phenoxy) is 1. The first-order valence-electron chi connectivity index (χ1n) is 8.00. The molecule has 0 aliphatic carbocycles. The van der Waals surface area contributed by atoms with Crippen molar-refractivity contribution in [3.05, 3.63) is 0 Å². The molecule has 2 fully saturated rings. The van der Waals surface area contributed by atoms with Crippen LogP contribution in [0.15, 0.2) is 0 Å². The molecule has 120 valence electrons. The van der Waals surface area contributed by atoms with Crippen molar-refractivity contribution in [3.63, 3.8) is 0 Å². The van der Waals surface area contributed by atoms with Crippen LogP contribution in [0, 0.1) is 5.92 Å². The number of hydrogen-bond acceptors (Lipinski definition) is 4. The molecule has 0 aromatic carbocycles. The summed E-state index contributed by atoms with van der Waals surface area (Å²) in [5.41, 5.74) is 0. The van der Waals surface area contributed by atoms with Gasteiger partial charge in [-0.25, -0.2) is 4.79 Å². The van der Waals surface area contributed by atoms with Crippen molar-refractivity contribution in [1.29, 1.82) is 0 Å².